The van der Waals surface area contributed by atoms with E-state index in [9.17, 15) is 43.7 Å². The molecule has 13 nitrogen and oxygen atoms in total. The third-order valence-electron chi connectivity index (χ3n) is 8.18. The van der Waals surface area contributed by atoms with Gasteiger partial charge in [-0.1, -0.05) is 0 Å². The van der Waals surface area contributed by atoms with Crippen LogP contribution in [-0.4, -0.2) is 84.2 Å². The highest BCUT2D eigenvalue weighted by Crippen LogP contribution is 2.41. The summed E-state index contributed by atoms with van der Waals surface area (Å²) in [5.41, 5.74) is 1.58. The Hall–Kier alpha value is -5.35. The number of aromatic hydroxyl groups is 2. The summed E-state index contributed by atoms with van der Waals surface area (Å²) in [6.07, 6.45) is 5.30. The lowest BCUT2D eigenvalue weighted by molar-refractivity contribution is -0.684. The number of nitrogens with one attached hydrogen (secondary N) is 2. The largest absolute Gasteiger partial charge is 0.508 e. The zero-order chi connectivity index (χ0) is 35.5. The molecule has 0 spiro atoms. The highest BCUT2D eigenvalue weighted by Gasteiger charge is 2.54. The molecule has 0 unspecified atom stereocenters. The van der Waals surface area contributed by atoms with Gasteiger partial charge in [0.25, 0.3) is 11.8 Å². The predicted octanol–water partition coefficient (Wildman–Crippen LogP) is 2.35. The number of carboxylic acid groups (broad SMARTS) is 1. The first-order valence-corrected chi connectivity index (χ1v) is 17.4. The molecule has 2 fully saturated rings. The van der Waals surface area contributed by atoms with Crippen molar-refractivity contribution in [2.24, 2.45) is 0 Å². The summed E-state index contributed by atoms with van der Waals surface area (Å²) < 4.78 is 15.2. The predicted molar refractivity (Wildman–Crippen MR) is 180 cm³/mol. The molecular formula is C34H31FN5O8S2+. The molecule has 0 aliphatic carbocycles. The van der Waals surface area contributed by atoms with Crippen LogP contribution < -0.4 is 15.2 Å². The zero-order valence-corrected chi connectivity index (χ0v) is 27.9. The van der Waals surface area contributed by atoms with Crippen molar-refractivity contribution in [2.75, 3.05) is 23.4 Å². The number of halogens is 1. The number of allylic oxidation sites excluding steroid dienone is 1. The van der Waals surface area contributed by atoms with E-state index in [1.54, 1.807) is 52.2 Å². The standard InChI is InChI=1S/C34H30FN5O8S2/c35-25-14-22(1-6-26(25)42)36-27(43)16-38-10-7-19(8-11-38)15-39-12-9-20(31(39)45)13-21-17-50-33-29(32(46)40(33)30(21)34(47)48)37-28(44)18-49-24-4-2-23(41)3-5-24/h1-8,10-11,13-14,29,33H,9,12,15-18H2,(H4-,36,37,41,42,43,44,47,48)/p+1/b20-13+/t29-,33-/m1/s1. The van der Waals surface area contributed by atoms with Gasteiger partial charge in [0.15, 0.2) is 24.0 Å². The van der Waals surface area contributed by atoms with Crippen molar-refractivity contribution in [1.82, 2.24) is 15.1 Å². The number of hydrogen-bond acceptors (Lipinski definition) is 9. The van der Waals surface area contributed by atoms with Crippen LogP contribution in [0.15, 0.2) is 94.8 Å². The molecule has 3 aromatic rings. The maximum absolute atomic E-state index is 13.6. The van der Waals surface area contributed by atoms with Crippen molar-refractivity contribution in [2.45, 2.75) is 35.8 Å². The van der Waals surface area contributed by atoms with Crippen LogP contribution in [0.3, 0.4) is 0 Å². The van der Waals surface area contributed by atoms with Gasteiger partial charge in [0.1, 0.15) is 22.9 Å². The van der Waals surface area contributed by atoms with Gasteiger partial charge in [0.05, 0.1) is 5.75 Å². The fourth-order valence-electron chi connectivity index (χ4n) is 5.69. The van der Waals surface area contributed by atoms with E-state index < -0.39 is 40.8 Å². The van der Waals surface area contributed by atoms with E-state index in [1.165, 1.54) is 46.6 Å². The van der Waals surface area contributed by atoms with E-state index in [2.05, 4.69) is 10.6 Å². The normalized spacial score (nSPS) is 19.3. The topological polar surface area (TPSA) is 180 Å². The van der Waals surface area contributed by atoms with Gasteiger partial charge in [-0.3, -0.25) is 24.1 Å². The van der Waals surface area contributed by atoms with E-state index in [1.807, 2.05) is 0 Å². The summed E-state index contributed by atoms with van der Waals surface area (Å²) in [5, 5.41) is 33.5. The lowest BCUT2D eigenvalue weighted by Gasteiger charge is -2.49. The van der Waals surface area contributed by atoms with Crippen LogP contribution >= 0.6 is 23.5 Å². The van der Waals surface area contributed by atoms with E-state index in [-0.39, 0.29) is 53.5 Å². The Bertz CT molecular complexity index is 1940. The highest BCUT2D eigenvalue weighted by atomic mass is 32.2. The molecule has 0 saturated carbocycles. The third-order valence-corrected chi connectivity index (χ3v) is 10.5. The number of aromatic nitrogens is 1. The number of fused-ring (bicyclic) bond motifs is 1. The number of benzene rings is 2. The summed E-state index contributed by atoms with van der Waals surface area (Å²) in [6.45, 7) is 0.648. The number of amides is 4. The summed E-state index contributed by atoms with van der Waals surface area (Å²) >= 11 is 2.55. The van der Waals surface area contributed by atoms with E-state index >= 15 is 0 Å². The summed E-state index contributed by atoms with van der Waals surface area (Å²) in [7, 11) is 0. The molecular weight excluding hydrogens is 690 g/mol. The van der Waals surface area contributed by atoms with Crippen molar-refractivity contribution in [3.63, 3.8) is 0 Å². The number of hydrogen-bond donors (Lipinski definition) is 5. The van der Waals surface area contributed by atoms with Crippen molar-refractivity contribution >= 4 is 58.8 Å². The second kappa shape index (κ2) is 14.6. The monoisotopic (exact) mass is 720 g/mol. The number of thioether (sulfide) groups is 2. The van der Waals surface area contributed by atoms with Crippen LogP contribution in [0.4, 0.5) is 10.1 Å². The Labute approximate surface area is 293 Å². The number of carbonyl (C=O) groups is 5. The van der Waals surface area contributed by atoms with Crippen LogP contribution in [0, 0.1) is 5.82 Å². The number of phenols is 2. The lowest BCUT2D eigenvalue weighted by Crippen LogP contribution is -2.70. The first-order valence-electron chi connectivity index (χ1n) is 15.4. The van der Waals surface area contributed by atoms with Crippen LogP contribution in [0.25, 0.3) is 0 Å². The average molecular weight is 721 g/mol. The first kappa shape index (κ1) is 34.5. The van der Waals surface area contributed by atoms with Crippen molar-refractivity contribution < 1.29 is 48.2 Å². The smallest absolute Gasteiger partial charge is 0.352 e. The van der Waals surface area contributed by atoms with Gasteiger partial charge >= 0.3 is 5.97 Å². The third kappa shape index (κ3) is 7.60. The van der Waals surface area contributed by atoms with Gasteiger partial charge in [0.2, 0.25) is 18.4 Å². The lowest BCUT2D eigenvalue weighted by atomic mass is 10.0. The Morgan fingerprint density at radius 1 is 1.04 bits per heavy atom. The number of β-lactam (4-membered cyclic amide) rings is 1. The summed E-state index contributed by atoms with van der Waals surface area (Å²) in [6, 6.07) is 12.6. The minimum absolute atomic E-state index is 0.0367. The van der Waals surface area contributed by atoms with E-state index in [0.717, 1.165) is 22.6 Å². The Balaban J connectivity index is 1.04. The molecule has 4 heterocycles. The molecule has 2 aromatic carbocycles. The van der Waals surface area contributed by atoms with Gasteiger partial charge in [-0.2, -0.15) is 4.57 Å². The summed E-state index contributed by atoms with van der Waals surface area (Å²) in [5.74, 6) is -3.85. The average Bonchev–Trinajstić information content (AvgIpc) is 3.43. The number of anilines is 1. The van der Waals surface area contributed by atoms with Crippen molar-refractivity contribution in [1.29, 1.82) is 0 Å². The molecule has 50 heavy (non-hydrogen) atoms. The molecule has 2 saturated heterocycles. The van der Waals surface area contributed by atoms with Gasteiger partial charge in [-0.05, 0) is 60.0 Å². The van der Waals surface area contributed by atoms with Gasteiger partial charge in [-0.25, -0.2) is 9.18 Å². The fourth-order valence-corrected chi connectivity index (χ4v) is 7.71. The number of rotatable bonds is 11. The fraction of sp³-hybridized carbons (Fsp3) is 0.235. The molecule has 1 aromatic heterocycles. The van der Waals surface area contributed by atoms with E-state index in [0.29, 0.717) is 24.1 Å². The van der Waals surface area contributed by atoms with E-state index in [4.69, 9.17) is 0 Å². The van der Waals surface area contributed by atoms with Gasteiger partial charge < -0.3 is 30.9 Å². The number of likely N-dealkylation sites (tertiary alicyclic amines) is 1. The van der Waals surface area contributed by atoms with Crippen LogP contribution in [-0.2, 0) is 37.1 Å². The minimum Gasteiger partial charge on any atom is -0.508 e. The highest BCUT2D eigenvalue weighted by molar-refractivity contribution is 8.00. The molecule has 4 amide bonds. The molecule has 0 bridgehead atoms. The van der Waals surface area contributed by atoms with Crippen molar-refractivity contribution in [3.05, 3.63) is 101 Å². The van der Waals surface area contributed by atoms with Crippen molar-refractivity contribution in [3.8, 4) is 11.5 Å². The molecule has 6 rings (SSSR count). The number of phenolic OH excluding ortho intramolecular Hbond substituents is 2. The zero-order valence-electron chi connectivity index (χ0n) is 26.2. The molecule has 3 aliphatic heterocycles. The molecule has 2 atom stereocenters. The second-order valence-corrected chi connectivity index (χ2v) is 13.8. The summed E-state index contributed by atoms with van der Waals surface area (Å²) in [4.78, 5) is 67.2. The molecule has 0 radical (unpaired) electrons. The van der Waals surface area contributed by atoms with Gasteiger partial charge in [0, 0.05) is 53.2 Å². The minimum atomic E-state index is -1.30. The second-order valence-electron chi connectivity index (χ2n) is 11.7. The SMILES string of the molecule is O=C(C[n+]1ccc(CN2CC/C(=C\C3=C(C(=O)O)N4C(=O)[C@@H](NC(=O)CSc5ccc(O)cc5)[C@H]4SC3)C2=O)cc1)Nc1ccc(O)c(F)c1. The molecule has 16 heteroatoms. The number of aliphatic carboxylic acids is 1. The Morgan fingerprint density at radius 2 is 1.78 bits per heavy atom. The van der Waals surface area contributed by atoms with Crippen LogP contribution in [0.2, 0.25) is 0 Å². The number of carboxylic acids is 1. The first-order chi connectivity index (χ1) is 24.0. The van der Waals surface area contributed by atoms with Crippen LogP contribution in [0.5, 0.6) is 11.5 Å². The van der Waals surface area contributed by atoms with Gasteiger partial charge in [-0.15, -0.1) is 23.5 Å². The number of nitrogens with zero attached hydrogens (tertiary/aromatic N) is 3. The molecule has 5 N–H and O–H groups in total. The number of carbonyl (C=O) groups excluding carboxylic acids is 4. The van der Waals surface area contributed by atoms with Crippen LogP contribution in [0.1, 0.15) is 12.0 Å². The molecule has 258 valence electrons. The Morgan fingerprint density at radius 3 is 2.48 bits per heavy atom. The quantitative estimate of drug-likeness (QED) is 0.0649. The maximum atomic E-state index is 13.6. The number of pyridine rings is 1. The molecule has 3 aliphatic rings. The Kier molecular flexibility index (Phi) is 10.1. The maximum Gasteiger partial charge on any atom is 0.352 e.